The minimum Gasteiger partial charge on any atom is -0.457 e. The van der Waals surface area contributed by atoms with Gasteiger partial charge in [-0.3, -0.25) is 4.79 Å². The molecule has 4 aliphatic rings. The lowest BCUT2D eigenvalue weighted by Crippen LogP contribution is -2.45. The van der Waals surface area contributed by atoms with E-state index in [-0.39, 0.29) is 24.1 Å². The van der Waals surface area contributed by atoms with Crippen LogP contribution in [0.5, 0.6) is 0 Å². The van der Waals surface area contributed by atoms with Crippen molar-refractivity contribution in [2.24, 2.45) is 17.8 Å². The molecule has 0 spiro atoms. The van der Waals surface area contributed by atoms with Crippen LogP contribution in [0.4, 0.5) is 0 Å². The smallest absolute Gasteiger partial charge is 0.310 e. The quantitative estimate of drug-likeness (QED) is 0.550. The summed E-state index contributed by atoms with van der Waals surface area (Å²) < 4.78 is 12.2. The highest BCUT2D eigenvalue weighted by Gasteiger charge is 2.45. The summed E-state index contributed by atoms with van der Waals surface area (Å²) in [4.78, 5) is 12.4. The second kappa shape index (κ2) is 7.19. The Labute approximate surface area is 146 Å². The number of rotatable bonds is 3. The van der Waals surface area contributed by atoms with Gasteiger partial charge in [0.2, 0.25) is 0 Å². The third-order valence-corrected chi connectivity index (χ3v) is 6.94. The van der Waals surface area contributed by atoms with Crippen molar-refractivity contribution in [3.63, 3.8) is 0 Å². The number of carbonyl (C=O) groups excluding carboxylic acids is 1. The first-order valence-corrected chi connectivity index (χ1v) is 10.3. The summed E-state index contributed by atoms with van der Waals surface area (Å²) in [5.74, 6) is 1.38. The fourth-order valence-electron chi connectivity index (χ4n) is 5.55. The molecule has 3 unspecified atom stereocenters. The van der Waals surface area contributed by atoms with Crippen LogP contribution in [0.3, 0.4) is 0 Å². The van der Waals surface area contributed by atoms with E-state index in [1.807, 2.05) is 0 Å². The summed E-state index contributed by atoms with van der Waals surface area (Å²) in [5.41, 5.74) is 1.42. The van der Waals surface area contributed by atoms with Crippen molar-refractivity contribution in [1.82, 2.24) is 0 Å². The van der Waals surface area contributed by atoms with E-state index in [0.717, 1.165) is 25.2 Å². The zero-order chi connectivity index (χ0) is 16.5. The van der Waals surface area contributed by atoms with Crippen LogP contribution in [0.25, 0.3) is 0 Å². The van der Waals surface area contributed by atoms with Crippen molar-refractivity contribution in [1.29, 1.82) is 0 Å². The summed E-state index contributed by atoms with van der Waals surface area (Å²) in [6, 6.07) is 0. The number of esters is 1. The first kappa shape index (κ1) is 16.6. The fraction of sp³-hybridized carbons (Fsp3) is 0.857. The molecule has 0 N–H and O–H groups in total. The SMILES string of the molecule is C[C@@H](OC1CC=C2C3CCCCC3C(=O)O[C@H]2C1)C1CCCCC1. The van der Waals surface area contributed by atoms with Crippen LogP contribution in [0, 0.1) is 17.8 Å². The van der Waals surface area contributed by atoms with Gasteiger partial charge in [-0.05, 0) is 56.4 Å². The average molecular weight is 332 g/mol. The van der Waals surface area contributed by atoms with Crippen molar-refractivity contribution in [3.05, 3.63) is 11.6 Å². The topological polar surface area (TPSA) is 35.5 Å². The van der Waals surface area contributed by atoms with E-state index < -0.39 is 0 Å². The molecule has 3 nitrogen and oxygen atoms in total. The molecule has 0 bridgehead atoms. The molecule has 1 saturated heterocycles. The molecule has 3 aliphatic carbocycles. The third-order valence-electron chi connectivity index (χ3n) is 6.94. The Kier molecular flexibility index (Phi) is 4.98. The third kappa shape index (κ3) is 3.29. The Balaban J connectivity index is 1.39. The highest BCUT2D eigenvalue weighted by molar-refractivity contribution is 5.75. The Hall–Kier alpha value is -0.830. The molecule has 1 heterocycles. The van der Waals surface area contributed by atoms with Crippen LogP contribution in [-0.2, 0) is 14.3 Å². The second-order valence-electron chi connectivity index (χ2n) is 8.46. The van der Waals surface area contributed by atoms with E-state index in [2.05, 4.69) is 13.0 Å². The molecular formula is C21H32O3. The fourth-order valence-corrected chi connectivity index (χ4v) is 5.55. The standard InChI is InChI=1S/C21H32O3/c1-14(15-7-3-2-4-8-15)23-16-11-12-18-17-9-5-6-10-19(17)21(22)24-20(18)13-16/h12,14-17,19-20H,2-11,13H2,1H3/t14-,16?,17?,19?,20+/m1/s1. The van der Waals surface area contributed by atoms with E-state index in [1.54, 1.807) is 0 Å². The molecule has 0 radical (unpaired) electrons. The van der Waals surface area contributed by atoms with E-state index in [0.29, 0.717) is 12.0 Å². The first-order valence-electron chi connectivity index (χ1n) is 10.3. The largest absolute Gasteiger partial charge is 0.457 e. The molecule has 0 aromatic rings. The van der Waals surface area contributed by atoms with Crippen LogP contribution in [0.1, 0.15) is 77.6 Å². The van der Waals surface area contributed by atoms with E-state index in [4.69, 9.17) is 9.47 Å². The van der Waals surface area contributed by atoms with E-state index in [1.165, 1.54) is 56.9 Å². The average Bonchev–Trinajstić information content (AvgIpc) is 2.62. The zero-order valence-electron chi connectivity index (χ0n) is 15.0. The Bertz CT molecular complexity index is 491. The maximum Gasteiger partial charge on any atom is 0.310 e. The zero-order valence-corrected chi connectivity index (χ0v) is 15.0. The maximum absolute atomic E-state index is 12.4. The highest BCUT2D eigenvalue weighted by Crippen LogP contribution is 2.45. The highest BCUT2D eigenvalue weighted by atomic mass is 16.5. The van der Waals surface area contributed by atoms with Crippen molar-refractivity contribution in [2.75, 3.05) is 0 Å². The molecule has 24 heavy (non-hydrogen) atoms. The predicted molar refractivity (Wildman–Crippen MR) is 93.6 cm³/mol. The normalized spacial score (nSPS) is 38.5. The molecule has 1 aliphatic heterocycles. The van der Waals surface area contributed by atoms with Gasteiger partial charge in [0.15, 0.2) is 0 Å². The molecule has 134 valence electrons. The lowest BCUT2D eigenvalue weighted by atomic mass is 9.70. The Morgan fingerprint density at radius 1 is 1.04 bits per heavy atom. The molecule has 2 saturated carbocycles. The van der Waals surface area contributed by atoms with E-state index >= 15 is 0 Å². The maximum atomic E-state index is 12.4. The minimum absolute atomic E-state index is 0.00541. The van der Waals surface area contributed by atoms with Gasteiger partial charge in [0, 0.05) is 6.42 Å². The lowest BCUT2D eigenvalue weighted by molar-refractivity contribution is -0.164. The van der Waals surface area contributed by atoms with Crippen molar-refractivity contribution < 1.29 is 14.3 Å². The molecule has 5 atom stereocenters. The Morgan fingerprint density at radius 3 is 2.54 bits per heavy atom. The van der Waals surface area contributed by atoms with Gasteiger partial charge < -0.3 is 9.47 Å². The van der Waals surface area contributed by atoms with Crippen molar-refractivity contribution in [2.45, 2.75) is 95.9 Å². The van der Waals surface area contributed by atoms with Gasteiger partial charge in [0.25, 0.3) is 0 Å². The monoisotopic (exact) mass is 332 g/mol. The van der Waals surface area contributed by atoms with Gasteiger partial charge >= 0.3 is 5.97 Å². The summed E-state index contributed by atoms with van der Waals surface area (Å²) in [7, 11) is 0. The molecular weight excluding hydrogens is 300 g/mol. The summed E-state index contributed by atoms with van der Waals surface area (Å²) in [6.45, 7) is 2.25. The molecule has 0 aromatic heterocycles. The van der Waals surface area contributed by atoms with Crippen molar-refractivity contribution in [3.8, 4) is 0 Å². The predicted octanol–water partition coefficient (Wildman–Crippen LogP) is 4.79. The molecule has 3 fully saturated rings. The van der Waals surface area contributed by atoms with Gasteiger partial charge in [0.1, 0.15) is 6.10 Å². The lowest BCUT2D eigenvalue weighted by Gasteiger charge is -2.43. The van der Waals surface area contributed by atoms with Gasteiger partial charge in [0.05, 0.1) is 18.1 Å². The second-order valence-corrected chi connectivity index (χ2v) is 8.46. The summed E-state index contributed by atoms with van der Waals surface area (Å²) in [6.07, 6.45) is 16.2. The number of fused-ring (bicyclic) bond motifs is 3. The number of hydrogen-bond donors (Lipinski definition) is 0. The number of hydrogen-bond acceptors (Lipinski definition) is 3. The van der Waals surface area contributed by atoms with Crippen LogP contribution >= 0.6 is 0 Å². The van der Waals surface area contributed by atoms with Gasteiger partial charge in [-0.25, -0.2) is 0 Å². The van der Waals surface area contributed by atoms with Crippen LogP contribution < -0.4 is 0 Å². The molecule has 0 aromatic carbocycles. The molecule has 4 rings (SSSR count). The number of carbonyl (C=O) groups is 1. The Morgan fingerprint density at radius 2 is 1.75 bits per heavy atom. The van der Waals surface area contributed by atoms with Crippen LogP contribution in [-0.4, -0.2) is 24.3 Å². The molecule has 3 heteroatoms. The van der Waals surface area contributed by atoms with Crippen LogP contribution in [0.2, 0.25) is 0 Å². The minimum atomic E-state index is -0.00541. The van der Waals surface area contributed by atoms with Gasteiger partial charge in [-0.1, -0.05) is 38.2 Å². The van der Waals surface area contributed by atoms with Gasteiger partial charge in [-0.15, -0.1) is 0 Å². The summed E-state index contributed by atoms with van der Waals surface area (Å²) >= 11 is 0. The van der Waals surface area contributed by atoms with Gasteiger partial charge in [-0.2, -0.15) is 0 Å². The first-order chi connectivity index (χ1) is 11.7. The van der Waals surface area contributed by atoms with Crippen LogP contribution in [0.15, 0.2) is 11.6 Å². The van der Waals surface area contributed by atoms with E-state index in [9.17, 15) is 4.79 Å². The number of ether oxygens (including phenoxy) is 2. The molecule has 0 amide bonds. The van der Waals surface area contributed by atoms with Crippen molar-refractivity contribution >= 4 is 5.97 Å². The summed E-state index contributed by atoms with van der Waals surface area (Å²) in [5, 5.41) is 0.